The van der Waals surface area contributed by atoms with E-state index in [-0.39, 0.29) is 6.04 Å². The molecule has 1 unspecified atom stereocenters. The third kappa shape index (κ3) is 2.22. The topological polar surface area (TPSA) is 64.9 Å². The van der Waals surface area contributed by atoms with Gasteiger partial charge in [-0.15, -0.1) is 0 Å². The molecule has 2 N–H and O–H groups in total. The van der Waals surface area contributed by atoms with Crippen LogP contribution < -0.4 is 5.73 Å². The fourth-order valence-corrected chi connectivity index (χ4v) is 2.09. The number of nitrogens with zero attached hydrogens (tertiary/aromatic N) is 2. The predicted molar refractivity (Wildman–Crippen MR) is 73.7 cm³/mol. The fraction of sp³-hybridized carbons (Fsp3) is 0.200. The van der Waals surface area contributed by atoms with Crippen molar-refractivity contribution in [3.63, 3.8) is 0 Å². The van der Waals surface area contributed by atoms with Gasteiger partial charge in [-0.2, -0.15) is 4.98 Å². The number of benzene rings is 2. The molecule has 4 nitrogen and oxygen atoms in total. The summed E-state index contributed by atoms with van der Waals surface area (Å²) >= 11 is 0. The number of hydrogen-bond acceptors (Lipinski definition) is 4. The standard InChI is InChI=1S/C15H15N3O/c1-2-13-17-15(18-19-13)14(16)12-8-7-10-5-3-4-6-11(10)9-12/h3-9,14H,2,16H2,1H3. The molecule has 0 saturated carbocycles. The van der Waals surface area contributed by atoms with Gasteiger partial charge in [-0.25, -0.2) is 0 Å². The monoisotopic (exact) mass is 253 g/mol. The van der Waals surface area contributed by atoms with Crippen LogP contribution in [0.2, 0.25) is 0 Å². The number of hydrogen-bond donors (Lipinski definition) is 1. The summed E-state index contributed by atoms with van der Waals surface area (Å²) in [6.45, 7) is 1.97. The molecular weight excluding hydrogens is 238 g/mol. The van der Waals surface area contributed by atoms with Crippen molar-refractivity contribution in [2.24, 2.45) is 5.73 Å². The van der Waals surface area contributed by atoms with Crippen molar-refractivity contribution in [1.82, 2.24) is 10.1 Å². The van der Waals surface area contributed by atoms with E-state index in [1.807, 2.05) is 25.1 Å². The molecule has 0 fully saturated rings. The van der Waals surface area contributed by atoms with Crippen LogP contribution in [-0.2, 0) is 6.42 Å². The van der Waals surface area contributed by atoms with Crippen LogP contribution in [0.1, 0.15) is 30.2 Å². The van der Waals surface area contributed by atoms with Crippen LogP contribution in [-0.4, -0.2) is 10.1 Å². The van der Waals surface area contributed by atoms with Gasteiger partial charge in [0.1, 0.15) is 0 Å². The molecule has 0 aliphatic carbocycles. The Morgan fingerprint density at radius 2 is 1.95 bits per heavy atom. The van der Waals surface area contributed by atoms with Crippen molar-refractivity contribution in [2.45, 2.75) is 19.4 Å². The first kappa shape index (κ1) is 11.9. The highest BCUT2D eigenvalue weighted by molar-refractivity contribution is 5.83. The van der Waals surface area contributed by atoms with E-state index in [1.54, 1.807) is 0 Å². The van der Waals surface area contributed by atoms with Gasteiger partial charge < -0.3 is 10.3 Å². The average molecular weight is 253 g/mol. The van der Waals surface area contributed by atoms with Crippen molar-refractivity contribution in [3.05, 3.63) is 59.7 Å². The summed E-state index contributed by atoms with van der Waals surface area (Å²) in [5.41, 5.74) is 7.18. The van der Waals surface area contributed by atoms with Gasteiger partial charge in [-0.1, -0.05) is 48.5 Å². The number of fused-ring (bicyclic) bond motifs is 1. The summed E-state index contributed by atoms with van der Waals surface area (Å²) < 4.78 is 5.10. The second-order valence-corrected chi connectivity index (χ2v) is 4.48. The smallest absolute Gasteiger partial charge is 0.226 e. The molecule has 4 heteroatoms. The molecule has 96 valence electrons. The predicted octanol–water partition coefficient (Wildman–Crippen LogP) is 2.83. The Morgan fingerprint density at radius 1 is 1.16 bits per heavy atom. The third-order valence-corrected chi connectivity index (χ3v) is 3.20. The Hall–Kier alpha value is -2.20. The van der Waals surface area contributed by atoms with E-state index in [1.165, 1.54) is 5.39 Å². The first-order valence-corrected chi connectivity index (χ1v) is 6.34. The molecular formula is C15H15N3O. The van der Waals surface area contributed by atoms with Gasteiger partial charge in [0.05, 0.1) is 6.04 Å². The molecule has 1 aromatic heterocycles. The molecule has 2 aromatic carbocycles. The van der Waals surface area contributed by atoms with E-state index in [0.717, 1.165) is 17.4 Å². The number of nitrogens with two attached hydrogens (primary N) is 1. The van der Waals surface area contributed by atoms with E-state index < -0.39 is 0 Å². The van der Waals surface area contributed by atoms with Gasteiger partial charge in [0.25, 0.3) is 0 Å². The first-order valence-electron chi connectivity index (χ1n) is 6.34. The van der Waals surface area contributed by atoms with Gasteiger partial charge in [-0.05, 0) is 22.4 Å². The molecule has 0 aliphatic rings. The molecule has 19 heavy (non-hydrogen) atoms. The zero-order valence-corrected chi connectivity index (χ0v) is 10.7. The Balaban J connectivity index is 1.98. The van der Waals surface area contributed by atoms with E-state index in [4.69, 9.17) is 10.3 Å². The second kappa shape index (κ2) is 4.82. The van der Waals surface area contributed by atoms with Gasteiger partial charge in [0.2, 0.25) is 5.89 Å². The van der Waals surface area contributed by atoms with E-state index in [0.29, 0.717) is 11.7 Å². The molecule has 0 amide bonds. The van der Waals surface area contributed by atoms with Crippen molar-refractivity contribution in [1.29, 1.82) is 0 Å². The molecule has 0 saturated heterocycles. The Morgan fingerprint density at radius 3 is 2.68 bits per heavy atom. The largest absolute Gasteiger partial charge is 0.339 e. The van der Waals surface area contributed by atoms with Crippen LogP contribution in [0, 0.1) is 0 Å². The maximum atomic E-state index is 6.19. The average Bonchev–Trinajstić information content (AvgIpc) is 2.95. The van der Waals surface area contributed by atoms with Crippen LogP contribution >= 0.6 is 0 Å². The number of aromatic nitrogens is 2. The lowest BCUT2D eigenvalue weighted by Crippen LogP contribution is -2.13. The lowest BCUT2D eigenvalue weighted by Gasteiger charge is -2.08. The lowest BCUT2D eigenvalue weighted by atomic mass is 10.0. The zero-order valence-electron chi connectivity index (χ0n) is 10.7. The number of aryl methyl sites for hydroxylation is 1. The molecule has 0 aliphatic heterocycles. The highest BCUT2D eigenvalue weighted by atomic mass is 16.5. The van der Waals surface area contributed by atoms with Gasteiger partial charge in [-0.3, -0.25) is 0 Å². The van der Waals surface area contributed by atoms with Crippen LogP contribution in [0.25, 0.3) is 10.8 Å². The summed E-state index contributed by atoms with van der Waals surface area (Å²) in [5, 5.41) is 6.29. The van der Waals surface area contributed by atoms with E-state index >= 15 is 0 Å². The molecule has 0 radical (unpaired) electrons. The minimum absolute atomic E-state index is 0.353. The summed E-state index contributed by atoms with van der Waals surface area (Å²) in [6, 6.07) is 14.0. The molecule has 1 atom stereocenters. The first-order chi connectivity index (χ1) is 9.28. The minimum Gasteiger partial charge on any atom is -0.339 e. The van der Waals surface area contributed by atoms with Crippen LogP contribution in [0.15, 0.2) is 47.0 Å². The zero-order chi connectivity index (χ0) is 13.2. The molecule has 0 spiro atoms. The highest BCUT2D eigenvalue weighted by Gasteiger charge is 2.15. The number of rotatable bonds is 3. The van der Waals surface area contributed by atoms with Crippen LogP contribution in [0.3, 0.4) is 0 Å². The lowest BCUT2D eigenvalue weighted by molar-refractivity contribution is 0.375. The Bertz CT molecular complexity index is 705. The SMILES string of the molecule is CCc1nc(C(N)c2ccc3ccccc3c2)no1. The minimum atomic E-state index is -0.353. The Kier molecular flexibility index (Phi) is 3.01. The fourth-order valence-electron chi connectivity index (χ4n) is 2.09. The molecule has 3 rings (SSSR count). The maximum absolute atomic E-state index is 6.19. The summed E-state index contributed by atoms with van der Waals surface area (Å²) in [4.78, 5) is 4.28. The van der Waals surface area contributed by atoms with Gasteiger partial charge in [0.15, 0.2) is 5.82 Å². The quantitative estimate of drug-likeness (QED) is 0.779. The molecule has 1 heterocycles. The van der Waals surface area contributed by atoms with Gasteiger partial charge >= 0.3 is 0 Å². The summed E-state index contributed by atoms with van der Waals surface area (Å²) in [5.74, 6) is 1.15. The van der Waals surface area contributed by atoms with E-state index in [2.05, 4.69) is 34.4 Å². The van der Waals surface area contributed by atoms with Crippen molar-refractivity contribution < 1.29 is 4.52 Å². The van der Waals surface area contributed by atoms with Crippen molar-refractivity contribution in [3.8, 4) is 0 Å². The summed E-state index contributed by atoms with van der Waals surface area (Å²) in [6.07, 6.45) is 0.720. The van der Waals surface area contributed by atoms with E-state index in [9.17, 15) is 0 Å². The van der Waals surface area contributed by atoms with Crippen molar-refractivity contribution >= 4 is 10.8 Å². The molecule has 0 bridgehead atoms. The highest BCUT2D eigenvalue weighted by Crippen LogP contribution is 2.22. The second-order valence-electron chi connectivity index (χ2n) is 4.48. The van der Waals surface area contributed by atoms with Gasteiger partial charge in [0, 0.05) is 6.42 Å². The van der Waals surface area contributed by atoms with Crippen LogP contribution in [0.5, 0.6) is 0 Å². The summed E-state index contributed by atoms with van der Waals surface area (Å²) in [7, 11) is 0. The van der Waals surface area contributed by atoms with Crippen molar-refractivity contribution in [2.75, 3.05) is 0 Å². The van der Waals surface area contributed by atoms with Crippen LogP contribution in [0.4, 0.5) is 0 Å². The third-order valence-electron chi connectivity index (χ3n) is 3.20. The molecule has 3 aromatic rings. The normalized spacial score (nSPS) is 12.7. The maximum Gasteiger partial charge on any atom is 0.226 e. The Labute approximate surface area is 111 Å².